The van der Waals surface area contributed by atoms with Gasteiger partial charge in [-0.05, 0) is 30.7 Å². The molecule has 0 radical (unpaired) electrons. The van der Waals surface area contributed by atoms with Crippen LogP contribution in [-0.2, 0) is 11.3 Å². The summed E-state index contributed by atoms with van der Waals surface area (Å²) >= 11 is 0. The van der Waals surface area contributed by atoms with E-state index in [9.17, 15) is 10.1 Å². The third-order valence-corrected chi connectivity index (χ3v) is 3.67. The predicted molar refractivity (Wildman–Crippen MR) is 81.9 cm³/mol. The Hall–Kier alpha value is -2.80. The minimum atomic E-state index is -0.269. The smallest absolute Gasteiger partial charge is 0.249 e. The maximum atomic E-state index is 12.5. The van der Waals surface area contributed by atoms with Gasteiger partial charge in [-0.3, -0.25) is 4.79 Å². The summed E-state index contributed by atoms with van der Waals surface area (Å²) in [6, 6.07) is 17.0. The van der Waals surface area contributed by atoms with Crippen LogP contribution in [-0.4, -0.2) is 11.9 Å². The van der Waals surface area contributed by atoms with Gasteiger partial charge < -0.3 is 10.2 Å². The molecule has 1 aliphatic rings. The van der Waals surface area contributed by atoms with Gasteiger partial charge in [0, 0.05) is 0 Å². The average molecular weight is 277 g/mol. The Bertz CT molecular complexity index is 733. The molecule has 0 aromatic heterocycles. The molecule has 1 aliphatic heterocycles. The van der Waals surface area contributed by atoms with Crippen LogP contribution < -0.4 is 10.2 Å². The van der Waals surface area contributed by atoms with Crippen molar-refractivity contribution in [1.29, 1.82) is 5.26 Å². The zero-order valence-corrected chi connectivity index (χ0v) is 11.7. The molecular weight excluding hydrogens is 262 g/mol. The minimum Gasteiger partial charge on any atom is -0.372 e. The Morgan fingerprint density at radius 3 is 2.71 bits per heavy atom. The first-order chi connectivity index (χ1) is 10.2. The lowest BCUT2D eigenvalue weighted by Crippen LogP contribution is -2.45. The standard InChI is InChI=1S/C17H15N3O/c1-12-17(21)20(16-9-5-4-8-15(16)19-12)11-14-7-3-2-6-13(14)10-18/h2-9,12,19H,11H2,1H3. The number of nitrogens with one attached hydrogen (secondary N) is 1. The van der Waals surface area contributed by atoms with Gasteiger partial charge in [0.15, 0.2) is 0 Å². The Morgan fingerprint density at radius 2 is 1.90 bits per heavy atom. The first kappa shape index (κ1) is 13.2. The molecular formula is C17H15N3O. The van der Waals surface area contributed by atoms with Gasteiger partial charge in [0.05, 0.1) is 29.6 Å². The number of nitriles is 1. The molecule has 1 heterocycles. The highest BCUT2D eigenvalue weighted by molar-refractivity contribution is 6.04. The topological polar surface area (TPSA) is 56.1 Å². The highest BCUT2D eigenvalue weighted by Gasteiger charge is 2.29. The number of para-hydroxylation sites is 2. The Labute approximate surface area is 123 Å². The predicted octanol–water partition coefficient (Wildman–Crippen LogP) is 2.91. The van der Waals surface area contributed by atoms with E-state index in [-0.39, 0.29) is 11.9 Å². The van der Waals surface area contributed by atoms with Crippen LogP contribution in [0.2, 0.25) is 0 Å². The molecule has 4 heteroatoms. The van der Waals surface area contributed by atoms with Crippen molar-refractivity contribution >= 4 is 17.3 Å². The Morgan fingerprint density at radius 1 is 1.19 bits per heavy atom. The summed E-state index contributed by atoms with van der Waals surface area (Å²) in [7, 11) is 0. The molecule has 0 bridgehead atoms. The fraction of sp³-hybridized carbons (Fsp3) is 0.176. The maximum Gasteiger partial charge on any atom is 0.249 e. The van der Waals surface area contributed by atoms with Gasteiger partial charge in [-0.2, -0.15) is 5.26 Å². The molecule has 2 aromatic carbocycles. The van der Waals surface area contributed by atoms with Crippen molar-refractivity contribution in [2.24, 2.45) is 0 Å². The number of carbonyl (C=O) groups excluding carboxylic acids is 1. The van der Waals surface area contributed by atoms with E-state index in [0.717, 1.165) is 16.9 Å². The number of hydrogen-bond donors (Lipinski definition) is 1. The summed E-state index contributed by atoms with van der Waals surface area (Å²) in [5.41, 5.74) is 3.26. The van der Waals surface area contributed by atoms with Gasteiger partial charge in [-0.15, -0.1) is 0 Å². The van der Waals surface area contributed by atoms with E-state index in [4.69, 9.17) is 0 Å². The van der Waals surface area contributed by atoms with Crippen LogP contribution in [0.3, 0.4) is 0 Å². The highest BCUT2D eigenvalue weighted by Crippen LogP contribution is 2.32. The molecule has 0 saturated heterocycles. The van der Waals surface area contributed by atoms with Gasteiger partial charge in [-0.1, -0.05) is 30.3 Å². The number of hydrogen-bond acceptors (Lipinski definition) is 3. The molecule has 2 aromatic rings. The second-order valence-corrected chi connectivity index (χ2v) is 5.08. The second-order valence-electron chi connectivity index (χ2n) is 5.08. The van der Waals surface area contributed by atoms with Crippen LogP contribution in [0.15, 0.2) is 48.5 Å². The molecule has 0 fully saturated rings. The van der Waals surface area contributed by atoms with Crippen molar-refractivity contribution in [2.45, 2.75) is 19.5 Å². The number of nitrogens with zero attached hydrogens (tertiary/aromatic N) is 2. The normalized spacial score (nSPS) is 16.9. The van der Waals surface area contributed by atoms with E-state index in [0.29, 0.717) is 12.1 Å². The third kappa shape index (κ3) is 2.34. The second kappa shape index (κ2) is 5.29. The number of carbonyl (C=O) groups is 1. The summed E-state index contributed by atoms with van der Waals surface area (Å²) < 4.78 is 0. The first-order valence-electron chi connectivity index (χ1n) is 6.85. The van der Waals surface area contributed by atoms with Crippen molar-refractivity contribution in [2.75, 3.05) is 10.2 Å². The van der Waals surface area contributed by atoms with Gasteiger partial charge in [0.1, 0.15) is 6.04 Å². The summed E-state index contributed by atoms with van der Waals surface area (Å²) in [4.78, 5) is 14.2. The zero-order chi connectivity index (χ0) is 14.8. The van der Waals surface area contributed by atoms with Crippen LogP contribution in [0.5, 0.6) is 0 Å². The lowest BCUT2D eigenvalue weighted by Gasteiger charge is -2.34. The van der Waals surface area contributed by atoms with E-state index >= 15 is 0 Å². The number of fused-ring (bicyclic) bond motifs is 1. The fourth-order valence-electron chi connectivity index (χ4n) is 2.58. The molecule has 3 rings (SSSR count). The van der Waals surface area contributed by atoms with E-state index in [1.54, 1.807) is 11.0 Å². The molecule has 0 spiro atoms. The molecule has 21 heavy (non-hydrogen) atoms. The molecule has 1 amide bonds. The SMILES string of the molecule is CC1Nc2ccccc2N(Cc2ccccc2C#N)C1=O. The Balaban J connectivity index is 2.01. The number of anilines is 2. The number of amides is 1. The molecule has 0 aliphatic carbocycles. The zero-order valence-electron chi connectivity index (χ0n) is 11.7. The third-order valence-electron chi connectivity index (χ3n) is 3.67. The number of benzene rings is 2. The fourth-order valence-corrected chi connectivity index (χ4v) is 2.58. The van der Waals surface area contributed by atoms with Crippen molar-refractivity contribution in [1.82, 2.24) is 0 Å². The Kier molecular flexibility index (Phi) is 3.33. The highest BCUT2D eigenvalue weighted by atomic mass is 16.2. The minimum absolute atomic E-state index is 0.0152. The number of rotatable bonds is 2. The molecule has 0 saturated carbocycles. The molecule has 1 N–H and O–H groups in total. The van der Waals surface area contributed by atoms with Crippen LogP contribution in [0, 0.1) is 11.3 Å². The summed E-state index contributed by atoms with van der Waals surface area (Å²) in [6.07, 6.45) is 0. The first-order valence-corrected chi connectivity index (χ1v) is 6.85. The average Bonchev–Trinajstić information content (AvgIpc) is 2.52. The molecule has 104 valence electrons. The van der Waals surface area contributed by atoms with Crippen molar-refractivity contribution in [3.63, 3.8) is 0 Å². The van der Waals surface area contributed by atoms with Crippen LogP contribution in [0.4, 0.5) is 11.4 Å². The van der Waals surface area contributed by atoms with E-state index in [2.05, 4.69) is 11.4 Å². The van der Waals surface area contributed by atoms with Crippen molar-refractivity contribution in [3.8, 4) is 6.07 Å². The quantitative estimate of drug-likeness (QED) is 0.918. The van der Waals surface area contributed by atoms with Crippen molar-refractivity contribution in [3.05, 3.63) is 59.7 Å². The monoisotopic (exact) mass is 277 g/mol. The molecule has 1 unspecified atom stereocenters. The summed E-state index contributed by atoms with van der Waals surface area (Å²) in [6.45, 7) is 2.26. The lowest BCUT2D eigenvalue weighted by atomic mass is 10.1. The summed E-state index contributed by atoms with van der Waals surface area (Å²) in [5.74, 6) is 0.0152. The van der Waals surface area contributed by atoms with Crippen LogP contribution in [0.25, 0.3) is 0 Å². The van der Waals surface area contributed by atoms with E-state index < -0.39 is 0 Å². The molecule has 1 atom stereocenters. The van der Waals surface area contributed by atoms with Gasteiger partial charge in [-0.25, -0.2) is 0 Å². The van der Waals surface area contributed by atoms with Gasteiger partial charge >= 0.3 is 0 Å². The van der Waals surface area contributed by atoms with Crippen LogP contribution >= 0.6 is 0 Å². The van der Waals surface area contributed by atoms with Gasteiger partial charge in [0.2, 0.25) is 5.91 Å². The van der Waals surface area contributed by atoms with Crippen molar-refractivity contribution < 1.29 is 4.79 Å². The van der Waals surface area contributed by atoms with E-state index in [1.807, 2.05) is 49.4 Å². The molecule has 4 nitrogen and oxygen atoms in total. The lowest BCUT2D eigenvalue weighted by molar-refractivity contribution is -0.119. The van der Waals surface area contributed by atoms with Crippen LogP contribution in [0.1, 0.15) is 18.1 Å². The van der Waals surface area contributed by atoms with E-state index in [1.165, 1.54) is 0 Å². The maximum absolute atomic E-state index is 12.5. The summed E-state index contributed by atoms with van der Waals surface area (Å²) in [5, 5.41) is 12.4. The largest absolute Gasteiger partial charge is 0.372 e. The van der Waals surface area contributed by atoms with Gasteiger partial charge in [0.25, 0.3) is 0 Å².